The number of amides is 1. The molecule has 24 heavy (non-hydrogen) atoms. The number of benzene rings is 2. The highest BCUT2D eigenvalue weighted by Crippen LogP contribution is 2.19. The molecule has 2 N–H and O–H groups in total. The van der Waals surface area contributed by atoms with Gasteiger partial charge in [0.2, 0.25) is 0 Å². The van der Waals surface area contributed by atoms with Crippen molar-refractivity contribution in [2.24, 2.45) is 0 Å². The van der Waals surface area contributed by atoms with Crippen LogP contribution in [-0.2, 0) is 4.79 Å². The van der Waals surface area contributed by atoms with Gasteiger partial charge in [0.05, 0.1) is 12.7 Å². The first-order chi connectivity index (χ1) is 11.4. The highest BCUT2D eigenvalue weighted by molar-refractivity contribution is 6.31. The maximum absolute atomic E-state index is 13.6. The molecule has 1 atom stereocenters. The minimum Gasteiger partial charge on any atom is -0.488 e. The van der Waals surface area contributed by atoms with E-state index in [1.807, 2.05) is 7.05 Å². The smallest absolute Gasteiger partial charge is 0.279 e. The largest absolute Gasteiger partial charge is 0.488 e. The second-order valence-corrected chi connectivity index (χ2v) is 6.23. The summed E-state index contributed by atoms with van der Waals surface area (Å²) >= 11 is 11.6. The highest BCUT2D eigenvalue weighted by atomic mass is 35.5. The lowest BCUT2D eigenvalue weighted by atomic mass is 10.3. The van der Waals surface area contributed by atoms with Crippen molar-refractivity contribution in [2.75, 3.05) is 32.1 Å². The fourth-order valence-corrected chi connectivity index (χ4v) is 2.32. The molecule has 0 heterocycles. The Balaban J connectivity index is 1.75. The van der Waals surface area contributed by atoms with Crippen molar-refractivity contribution in [1.82, 2.24) is 0 Å². The number of quaternary nitrogens is 1. The summed E-state index contributed by atoms with van der Waals surface area (Å²) in [6.07, 6.45) is 0. The summed E-state index contributed by atoms with van der Waals surface area (Å²) in [5.41, 5.74) is 0.0812. The van der Waals surface area contributed by atoms with Gasteiger partial charge in [0, 0.05) is 10.0 Å². The number of likely N-dealkylation sites (N-methyl/N-ethyl adjacent to an activating group) is 1. The van der Waals surface area contributed by atoms with E-state index in [-0.39, 0.29) is 18.1 Å². The first-order valence-electron chi connectivity index (χ1n) is 7.38. The molecular formula is C17H18Cl2FN2O2+. The second-order valence-electron chi connectivity index (χ2n) is 5.36. The average Bonchev–Trinajstić information content (AvgIpc) is 2.53. The summed E-state index contributed by atoms with van der Waals surface area (Å²) in [7, 11) is 1.86. The van der Waals surface area contributed by atoms with E-state index in [1.54, 1.807) is 24.3 Å². The predicted molar refractivity (Wildman–Crippen MR) is 93.6 cm³/mol. The molecule has 0 bridgehead atoms. The minimum atomic E-state index is -0.517. The van der Waals surface area contributed by atoms with E-state index in [0.29, 0.717) is 23.2 Å². The van der Waals surface area contributed by atoms with Gasteiger partial charge in [-0.3, -0.25) is 4.79 Å². The van der Waals surface area contributed by atoms with E-state index in [4.69, 9.17) is 27.9 Å². The van der Waals surface area contributed by atoms with Crippen LogP contribution in [0.5, 0.6) is 5.75 Å². The van der Waals surface area contributed by atoms with E-state index in [2.05, 4.69) is 5.32 Å². The Labute approximate surface area is 150 Å². The molecule has 0 saturated heterocycles. The summed E-state index contributed by atoms with van der Waals surface area (Å²) in [6, 6.07) is 11.1. The molecule has 0 aliphatic carbocycles. The monoisotopic (exact) mass is 371 g/mol. The number of carbonyl (C=O) groups excluding carboxylic acids is 1. The van der Waals surface area contributed by atoms with E-state index in [1.165, 1.54) is 18.2 Å². The molecule has 0 fully saturated rings. The van der Waals surface area contributed by atoms with Gasteiger partial charge in [0.1, 0.15) is 24.7 Å². The summed E-state index contributed by atoms with van der Waals surface area (Å²) in [4.78, 5) is 12.9. The van der Waals surface area contributed by atoms with E-state index in [0.717, 1.165) is 10.6 Å². The Bertz CT molecular complexity index is 695. The Morgan fingerprint density at radius 1 is 1.17 bits per heavy atom. The van der Waals surface area contributed by atoms with Crippen molar-refractivity contribution >= 4 is 34.8 Å². The minimum absolute atomic E-state index is 0.0812. The molecule has 0 radical (unpaired) electrons. The number of anilines is 1. The van der Waals surface area contributed by atoms with Gasteiger partial charge in [0.25, 0.3) is 5.91 Å². The maximum atomic E-state index is 13.6. The quantitative estimate of drug-likeness (QED) is 0.785. The van der Waals surface area contributed by atoms with Crippen LogP contribution in [0.3, 0.4) is 0 Å². The predicted octanol–water partition coefficient (Wildman–Crippen LogP) is 2.66. The van der Waals surface area contributed by atoms with Crippen LogP contribution in [0.1, 0.15) is 0 Å². The van der Waals surface area contributed by atoms with Crippen LogP contribution in [-0.4, -0.2) is 32.7 Å². The van der Waals surface area contributed by atoms with Crippen LogP contribution in [0.15, 0.2) is 42.5 Å². The first-order valence-corrected chi connectivity index (χ1v) is 8.14. The Kier molecular flexibility index (Phi) is 6.85. The SMILES string of the molecule is C[NH+](CCOc1ccc(Cl)cc1)CC(=O)Nc1cc(Cl)ccc1F. The number of hydrogen-bond acceptors (Lipinski definition) is 2. The summed E-state index contributed by atoms with van der Waals surface area (Å²) in [6.45, 7) is 1.26. The molecular weight excluding hydrogens is 354 g/mol. The standard InChI is InChI=1S/C17H17Cl2FN2O2/c1-22(8-9-24-14-5-2-12(18)3-6-14)11-17(23)21-16-10-13(19)4-7-15(16)20/h2-7,10H,8-9,11H2,1H3,(H,21,23)/p+1. The van der Waals surface area contributed by atoms with Gasteiger partial charge in [-0.1, -0.05) is 23.2 Å². The number of halogens is 3. The average molecular weight is 372 g/mol. The fourth-order valence-electron chi connectivity index (χ4n) is 2.02. The lowest BCUT2D eigenvalue weighted by Gasteiger charge is -2.14. The molecule has 4 nitrogen and oxygen atoms in total. The zero-order chi connectivity index (χ0) is 17.5. The van der Waals surface area contributed by atoms with Crippen LogP contribution in [0.25, 0.3) is 0 Å². The van der Waals surface area contributed by atoms with Crippen LogP contribution in [0.4, 0.5) is 10.1 Å². The lowest BCUT2D eigenvalue weighted by molar-refractivity contribution is -0.871. The first kappa shape index (κ1) is 18.5. The molecule has 0 spiro atoms. The Hall–Kier alpha value is -1.82. The van der Waals surface area contributed by atoms with Gasteiger partial charge in [-0.2, -0.15) is 0 Å². The third-order valence-electron chi connectivity index (χ3n) is 3.28. The van der Waals surface area contributed by atoms with Crippen molar-refractivity contribution in [2.45, 2.75) is 0 Å². The van der Waals surface area contributed by atoms with Gasteiger partial charge in [-0.15, -0.1) is 0 Å². The van der Waals surface area contributed by atoms with Crippen LogP contribution in [0, 0.1) is 5.82 Å². The summed E-state index contributed by atoms with van der Waals surface area (Å²) < 4.78 is 19.2. The number of hydrogen-bond donors (Lipinski definition) is 2. The van der Waals surface area contributed by atoms with Crippen LogP contribution >= 0.6 is 23.2 Å². The molecule has 7 heteroatoms. The Morgan fingerprint density at radius 2 is 1.83 bits per heavy atom. The van der Waals surface area contributed by atoms with E-state index >= 15 is 0 Å². The number of nitrogens with one attached hydrogen (secondary N) is 2. The van der Waals surface area contributed by atoms with Gasteiger partial charge in [-0.25, -0.2) is 4.39 Å². The lowest BCUT2D eigenvalue weighted by Crippen LogP contribution is -3.10. The molecule has 2 rings (SSSR count). The van der Waals surface area contributed by atoms with Crippen LogP contribution < -0.4 is 15.0 Å². The summed E-state index contributed by atoms with van der Waals surface area (Å²) in [5, 5.41) is 3.53. The molecule has 0 aromatic heterocycles. The molecule has 0 aliphatic rings. The number of ether oxygens (including phenoxy) is 1. The van der Waals surface area contributed by atoms with Crippen molar-refractivity contribution in [3.63, 3.8) is 0 Å². The number of carbonyl (C=O) groups is 1. The topological polar surface area (TPSA) is 42.8 Å². The molecule has 1 amide bonds. The second kappa shape index (κ2) is 8.87. The van der Waals surface area contributed by atoms with Gasteiger partial charge in [0.15, 0.2) is 6.54 Å². The van der Waals surface area contributed by atoms with Crippen molar-refractivity contribution in [3.8, 4) is 5.75 Å². The van der Waals surface area contributed by atoms with Crippen molar-refractivity contribution in [3.05, 3.63) is 58.3 Å². The van der Waals surface area contributed by atoms with E-state index in [9.17, 15) is 9.18 Å². The Morgan fingerprint density at radius 3 is 2.54 bits per heavy atom. The molecule has 128 valence electrons. The zero-order valence-corrected chi connectivity index (χ0v) is 14.6. The van der Waals surface area contributed by atoms with Crippen molar-refractivity contribution < 1.29 is 18.8 Å². The maximum Gasteiger partial charge on any atom is 0.279 e. The van der Waals surface area contributed by atoms with Gasteiger partial charge >= 0.3 is 0 Å². The fraction of sp³-hybridized carbons (Fsp3) is 0.235. The number of rotatable bonds is 7. The highest BCUT2D eigenvalue weighted by Gasteiger charge is 2.12. The third kappa shape index (κ3) is 6.00. The molecule has 2 aromatic carbocycles. The normalized spacial score (nSPS) is 11.8. The van der Waals surface area contributed by atoms with Crippen LogP contribution in [0.2, 0.25) is 10.0 Å². The van der Waals surface area contributed by atoms with E-state index < -0.39 is 5.82 Å². The zero-order valence-electron chi connectivity index (χ0n) is 13.1. The molecule has 0 aliphatic heterocycles. The van der Waals surface area contributed by atoms with Gasteiger partial charge in [-0.05, 0) is 42.5 Å². The summed E-state index contributed by atoms with van der Waals surface area (Å²) in [5.74, 6) is -0.0886. The molecule has 0 saturated carbocycles. The van der Waals surface area contributed by atoms with Gasteiger partial charge < -0.3 is 15.0 Å². The van der Waals surface area contributed by atoms with Crippen molar-refractivity contribution in [1.29, 1.82) is 0 Å². The molecule has 1 unspecified atom stereocenters. The molecule has 2 aromatic rings. The third-order valence-corrected chi connectivity index (χ3v) is 3.76.